The lowest BCUT2D eigenvalue weighted by Crippen LogP contribution is -2.17. The number of benzene rings is 2. The first-order valence-electron chi connectivity index (χ1n) is 6.69. The summed E-state index contributed by atoms with van der Waals surface area (Å²) in [6.45, 7) is 2.69. The van der Waals surface area contributed by atoms with Crippen LogP contribution in [0.1, 0.15) is 5.56 Å². The van der Waals surface area contributed by atoms with Crippen molar-refractivity contribution in [2.75, 3.05) is 13.2 Å². The lowest BCUT2D eigenvalue weighted by molar-refractivity contribution is -0.274. The van der Waals surface area contributed by atoms with Crippen LogP contribution in [-0.2, 0) is 0 Å². The summed E-state index contributed by atoms with van der Waals surface area (Å²) in [7, 11) is 0. The predicted octanol–water partition coefficient (Wildman–Crippen LogP) is 3.90. The van der Waals surface area contributed by atoms with E-state index in [0.29, 0.717) is 24.5 Å². The number of aryl methyl sites for hydroxylation is 1. The van der Waals surface area contributed by atoms with Crippen LogP contribution >= 0.6 is 0 Å². The van der Waals surface area contributed by atoms with Gasteiger partial charge in [-0.1, -0.05) is 18.2 Å². The lowest BCUT2D eigenvalue weighted by atomic mass is 10.0. The van der Waals surface area contributed by atoms with Gasteiger partial charge in [-0.2, -0.15) is 0 Å². The summed E-state index contributed by atoms with van der Waals surface area (Å²) >= 11 is 0. The summed E-state index contributed by atoms with van der Waals surface area (Å²) in [5.41, 5.74) is 7.68. The Morgan fingerprint density at radius 1 is 1.05 bits per heavy atom. The molecule has 0 amide bonds. The number of hydrogen-bond donors (Lipinski definition) is 1. The van der Waals surface area contributed by atoms with Gasteiger partial charge in [0.25, 0.3) is 0 Å². The number of ether oxygens (including phenoxy) is 2. The lowest BCUT2D eigenvalue weighted by Gasteiger charge is -2.12. The summed E-state index contributed by atoms with van der Waals surface area (Å²) in [4.78, 5) is 0. The van der Waals surface area contributed by atoms with Gasteiger partial charge in [0.1, 0.15) is 18.1 Å². The smallest absolute Gasteiger partial charge is 0.492 e. The van der Waals surface area contributed by atoms with Crippen molar-refractivity contribution >= 4 is 0 Å². The molecule has 0 unspecified atom stereocenters. The fourth-order valence-electron chi connectivity index (χ4n) is 2.03. The molecule has 0 saturated carbocycles. The third kappa shape index (κ3) is 4.39. The number of hydrogen-bond acceptors (Lipinski definition) is 3. The molecule has 0 aliphatic heterocycles. The summed E-state index contributed by atoms with van der Waals surface area (Å²) in [5, 5.41) is 0. The molecule has 2 aromatic carbocycles. The molecule has 0 saturated heterocycles. The summed E-state index contributed by atoms with van der Waals surface area (Å²) in [6, 6.07) is 11.3. The van der Waals surface area contributed by atoms with E-state index in [1.165, 1.54) is 18.2 Å². The van der Waals surface area contributed by atoms with Crippen LogP contribution < -0.4 is 15.2 Å². The Balaban J connectivity index is 2.24. The standard InChI is InChI=1S/C16H16F3NO2/c1-11-9-13(5-6-15(11)21-8-7-20)12-3-2-4-14(10-12)22-16(17,18)19/h2-6,9-10H,7-8,20H2,1H3. The largest absolute Gasteiger partial charge is 0.573 e. The van der Waals surface area contributed by atoms with Crippen molar-refractivity contribution in [2.45, 2.75) is 13.3 Å². The van der Waals surface area contributed by atoms with Gasteiger partial charge in [-0.3, -0.25) is 0 Å². The van der Waals surface area contributed by atoms with E-state index in [9.17, 15) is 13.2 Å². The van der Waals surface area contributed by atoms with Crippen molar-refractivity contribution in [1.29, 1.82) is 0 Å². The Morgan fingerprint density at radius 2 is 1.77 bits per heavy atom. The molecule has 2 aromatic rings. The second-order valence-corrected chi connectivity index (χ2v) is 4.69. The second kappa shape index (κ2) is 6.70. The molecule has 22 heavy (non-hydrogen) atoms. The fraction of sp³-hybridized carbons (Fsp3) is 0.250. The monoisotopic (exact) mass is 311 g/mol. The normalized spacial score (nSPS) is 11.3. The second-order valence-electron chi connectivity index (χ2n) is 4.69. The third-order valence-corrected chi connectivity index (χ3v) is 2.95. The van der Waals surface area contributed by atoms with E-state index in [2.05, 4.69) is 4.74 Å². The van der Waals surface area contributed by atoms with Gasteiger partial charge in [0.05, 0.1) is 0 Å². The third-order valence-electron chi connectivity index (χ3n) is 2.95. The molecule has 0 spiro atoms. The molecule has 2 N–H and O–H groups in total. The molecular weight excluding hydrogens is 295 g/mol. The molecule has 3 nitrogen and oxygen atoms in total. The van der Waals surface area contributed by atoms with Crippen molar-refractivity contribution in [3.05, 3.63) is 48.0 Å². The van der Waals surface area contributed by atoms with Crippen LogP contribution in [0.5, 0.6) is 11.5 Å². The summed E-state index contributed by atoms with van der Waals surface area (Å²) < 4.78 is 46.2. The van der Waals surface area contributed by atoms with Gasteiger partial charge >= 0.3 is 6.36 Å². The first-order valence-corrected chi connectivity index (χ1v) is 6.69. The van der Waals surface area contributed by atoms with Crippen LogP contribution in [0.25, 0.3) is 11.1 Å². The van der Waals surface area contributed by atoms with Crippen molar-refractivity contribution in [1.82, 2.24) is 0 Å². The Kier molecular flexibility index (Phi) is 4.92. The fourth-order valence-corrected chi connectivity index (χ4v) is 2.03. The molecular formula is C16H16F3NO2. The quantitative estimate of drug-likeness (QED) is 0.911. The van der Waals surface area contributed by atoms with Gasteiger partial charge in [-0.15, -0.1) is 13.2 Å². The van der Waals surface area contributed by atoms with E-state index in [1.54, 1.807) is 18.2 Å². The highest BCUT2D eigenvalue weighted by Crippen LogP contribution is 2.30. The van der Waals surface area contributed by atoms with Crippen molar-refractivity contribution in [2.24, 2.45) is 5.73 Å². The highest BCUT2D eigenvalue weighted by molar-refractivity contribution is 5.67. The van der Waals surface area contributed by atoms with E-state index in [1.807, 2.05) is 13.0 Å². The minimum absolute atomic E-state index is 0.244. The topological polar surface area (TPSA) is 44.5 Å². The Bertz CT molecular complexity index is 642. The number of halogens is 3. The zero-order chi connectivity index (χ0) is 16.2. The number of rotatable bonds is 5. The van der Waals surface area contributed by atoms with Gasteiger partial charge in [0.15, 0.2) is 0 Å². The highest BCUT2D eigenvalue weighted by Gasteiger charge is 2.31. The molecule has 0 atom stereocenters. The van der Waals surface area contributed by atoms with Crippen LogP contribution in [0.3, 0.4) is 0 Å². The molecule has 0 aliphatic carbocycles. The van der Waals surface area contributed by atoms with Crippen LogP contribution in [0.15, 0.2) is 42.5 Å². The Hall–Kier alpha value is -2.21. The SMILES string of the molecule is Cc1cc(-c2cccc(OC(F)(F)F)c2)ccc1OCCN. The summed E-state index contributed by atoms with van der Waals surface area (Å²) in [6.07, 6.45) is -4.70. The maximum absolute atomic E-state index is 12.3. The van der Waals surface area contributed by atoms with Crippen LogP contribution in [0, 0.1) is 6.92 Å². The van der Waals surface area contributed by atoms with E-state index >= 15 is 0 Å². The maximum atomic E-state index is 12.3. The zero-order valence-electron chi connectivity index (χ0n) is 12.0. The predicted molar refractivity (Wildman–Crippen MR) is 77.8 cm³/mol. The highest BCUT2D eigenvalue weighted by atomic mass is 19.4. The summed E-state index contributed by atoms with van der Waals surface area (Å²) in [5.74, 6) is 0.461. The Morgan fingerprint density at radius 3 is 2.41 bits per heavy atom. The maximum Gasteiger partial charge on any atom is 0.573 e. The van der Waals surface area contributed by atoms with Crippen LogP contribution in [-0.4, -0.2) is 19.5 Å². The molecule has 0 heterocycles. The molecule has 0 aliphatic rings. The minimum Gasteiger partial charge on any atom is -0.492 e. The molecule has 118 valence electrons. The molecule has 0 fully saturated rings. The average molecular weight is 311 g/mol. The van der Waals surface area contributed by atoms with E-state index in [4.69, 9.17) is 10.5 Å². The van der Waals surface area contributed by atoms with E-state index in [0.717, 1.165) is 11.1 Å². The van der Waals surface area contributed by atoms with E-state index < -0.39 is 6.36 Å². The molecule has 0 radical (unpaired) electrons. The first kappa shape index (κ1) is 16.2. The molecule has 0 aromatic heterocycles. The molecule has 0 bridgehead atoms. The van der Waals surface area contributed by atoms with Gasteiger partial charge in [-0.25, -0.2) is 0 Å². The van der Waals surface area contributed by atoms with Crippen molar-refractivity contribution < 1.29 is 22.6 Å². The Labute approximate surface area is 126 Å². The average Bonchev–Trinajstić information content (AvgIpc) is 2.44. The van der Waals surface area contributed by atoms with Crippen LogP contribution in [0.2, 0.25) is 0 Å². The van der Waals surface area contributed by atoms with Crippen molar-refractivity contribution in [3.8, 4) is 22.6 Å². The van der Waals surface area contributed by atoms with Crippen LogP contribution in [0.4, 0.5) is 13.2 Å². The van der Waals surface area contributed by atoms with Crippen molar-refractivity contribution in [3.63, 3.8) is 0 Å². The van der Waals surface area contributed by atoms with Gasteiger partial charge in [0, 0.05) is 6.54 Å². The van der Waals surface area contributed by atoms with Gasteiger partial charge < -0.3 is 15.2 Å². The number of nitrogens with two attached hydrogens (primary N) is 1. The van der Waals surface area contributed by atoms with Gasteiger partial charge in [-0.05, 0) is 47.9 Å². The molecule has 6 heteroatoms. The zero-order valence-corrected chi connectivity index (χ0v) is 12.0. The number of alkyl halides is 3. The molecule has 2 rings (SSSR count). The van der Waals surface area contributed by atoms with Gasteiger partial charge in [0.2, 0.25) is 0 Å². The minimum atomic E-state index is -4.70. The first-order chi connectivity index (χ1) is 10.4. The van der Waals surface area contributed by atoms with E-state index in [-0.39, 0.29) is 5.75 Å².